The molecule has 0 radical (unpaired) electrons. The van der Waals surface area contributed by atoms with Crippen LogP contribution in [0.3, 0.4) is 0 Å². The van der Waals surface area contributed by atoms with E-state index in [0.717, 1.165) is 50.4 Å². The van der Waals surface area contributed by atoms with Gasteiger partial charge in [-0.05, 0) is 43.6 Å². The summed E-state index contributed by atoms with van der Waals surface area (Å²) >= 11 is 1.82. The summed E-state index contributed by atoms with van der Waals surface area (Å²) in [6.07, 6.45) is 2.48. The number of fused-ring (bicyclic) bond motifs is 2. The van der Waals surface area contributed by atoms with Crippen molar-refractivity contribution in [3.63, 3.8) is 0 Å². The van der Waals surface area contributed by atoms with Crippen LogP contribution in [0, 0.1) is 23.2 Å². The van der Waals surface area contributed by atoms with Crippen molar-refractivity contribution in [3.05, 3.63) is 40.9 Å². The quantitative estimate of drug-likeness (QED) is 0.732. The van der Waals surface area contributed by atoms with E-state index in [9.17, 15) is 9.90 Å². The van der Waals surface area contributed by atoms with Gasteiger partial charge in [0, 0.05) is 48.5 Å². The average Bonchev–Trinajstić information content (AvgIpc) is 3.23. The van der Waals surface area contributed by atoms with Gasteiger partial charge in [0.2, 0.25) is 5.91 Å². The molecule has 5 nitrogen and oxygen atoms in total. The smallest absolute Gasteiger partial charge is 0.225 e. The number of likely N-dealkylation sites (N-methyl/N-ethyl adjacent to an activating group) is 1. The van der Waals surface area contributed by atoms with E-state index in [0.29, 0.717) is 0 Å². The van der Waals surface area contributed by atoms with E-state index < -0.39 is 6.10 Å². The van der Waals surface area contributed by atoms with Crippen molar-refractivity contribution in [2.45, 2.75) is 52.1 Å². The van der Waals surface area contributed by atoms with Crippen LogP contribution in [0.25, 0.3) is 10.6 Å². The minimum Gasteiger partial charge on any atom is -0.392 e. The number of piperazine rings is 1. The second-order valence-electron chi connectivity index (χ2n) is 10.9. The lowest BCUT2D eigenvalue weighted by Gasteiger charge is -2.53. The van der Waals surface area contributed by atoms with Crippen molar-refractivity contribution < 1.29 is 9.90 Å². The Labute approximate surface area is 201 Å². The number of carbonyl (C=O) groups excluding carboxylic acids is 1. The molecule has 0 bridgehead atoms. The van der Waals surface area contributed by atoms with Gasteiger partial charge in [-0.15, -0.1) is 11.3 Å². The maximum Gasteiger partial charge on any atom is 0.225 e. The van der Waals surface area contributed by atoms with Crippen molar-refractivity contribution in [3.8, 4) is 10.6 Å². The fourth-order valence-corrected chi connectivity index (χ4v) is 8.12. The Kier molecular flexibility index (Phi) is 6.13. The topological polar surface area (TPSA) is 56.7 Å². The van der Waals surface area contributed by atoms with Crippen molar-refractivity contribution in [1.29, 1.82) is 0 Å². The molecule has 2 fully saturated rings. The van der Waals surface area contributed by atoms with Crippen molar-refractivity contribution in [2.75, 3.05) is 33.2 Å². The number of aliphatic hydroxyl groups is 1. The number of nitrogens with zero attached hydrogens (tertiary/aromatic N) is 3. The highest BCUT2D eigenvalue weighted by atomic mass is 32.1. The number of hydrogen-bond donors (Lipinski definition) is 1. The van der Waals surface area contributed by atoms with E-state index in [1.807, 2.05) is 29.2 Å². The first-order valence-electron chi connectivity index (χ1n) is 12.5. The van der Waals surface area contributed by atoms with E-state index in [4.69, 9.17) is 4.98 Å². The Morgan fingerprint density at radius 2 is 1.91 bits per heavy atom. The maximum atomic E-state index is 13.3. The molecule has 1 aromatic heterocycles. The Hall–Kier alpha value is -1.76. The number of thiazole rings is 1. The second-order valence-corrected chi connectivity index (χ2v) is 12.0. The van der Waals surface area contributed by atoms with Crippen LogP contribution < -0.4 is 0 Å². The molecule has 2 heterocycles. The Balaban J connectivity index is 1.38. The van der Waals surface area contributed by atoms with Crippen LogP contribution in [-0.2, 0) is 11.2 Å². The summed E-state index contributed by atoms with van der Waals surface area (Å²) in [4.78, 5) is 24.1. The summed E-state index contributed by atoms with van der Waals surface area (Å²) in [6.45, 7) is 10.1. The minimum absolute atomic E-state index is 0.0199. The summed E-state index contributed by atoms with van der Waals surface area (Å²) in [7, 11) is 2.11. The number of carbonyl (C=O) groups is 1. The fourth-order valence-electron chi connectivity index (χ4n) is 6.75. The van der Waals surface area contributed by atoms with Crippen LogP contribution in [0.15, 0.2) is 30.3 Å². The van der Waals surface area contributed by atoms with E-state index in [2.05, 4.69) is 50.1 Å². The van der Waals surface area contributed by atoms with Crippen molar-refractivity contribution >= 4 is 17.2 Å². The van der Waals surface area contributed by atoms with Crippen LogP contribution in [0.5, 0.6) is 0 Å². The molecule has 2 aliphatic carbocycles. The predicted octanol–water partition coefficient (Wildman–Crippen LogP) is 4.27. The van der Waals surface area contributed by atoms with Gasteiger partial charge in [-0.2, -0.15) is 0 Å². The third kappa shape index (κ3) is 4.04. The van der Waals surface area contributed by atoms with Gasteiger partial charge in [-0.25, -0.2) is 4.98 Å². The van der Waals surface area contributed by atoms with Gasteiger partial charge in [0.1, 0.15) is 5.01 Å². The lowest BCUT2D eigenvalue weighted by atomic mass is 9.53. The zero-order chi connectivity index (χ0) is 23.3. The van der Waals surface area contributed by atoms with Crippen LogP contribution >= 0.6 is 11.3 Å². The molecule has 6 heteroatoms. The molecule has 0 spiro atoms. The molecule has 33 heavy (non-hydrogen) atoms. The van der Waals surface area contributed by atoms with Gasteiger partial charge in [0.05, 0.1) is 11.8 Å². The van der Waals surface area contributed by atoms with Crippen LogP contribution in [0.2, 0.25) is 0 Å². The third-order valence-corrected chi connectivity index (χ3v) is 9.91. The van der Waals surface area contributed by atoms with Gasteiger partial charge in [-0.1, -0.05) is 51.1 Å². The molecule has 1 aromatic carbocycles. The van der Waals surface area contributed by atoms with Crippen LogP contribution in [0.1, 0.15) is 50.1 Å². The van der Waals surface area contributed by atoms with Crippen LogP contribution in [0.4, 0.5) is 0 Å². The molecule has 1 N–H and O–H groups in total. The molecule has 1 amide bonds. The fraction of sp³-hybridized carbons (Fsp3) is 0.630. The summed E-state index contributed by atoms with van der Waals surface area (Å²) in [6, 6.07) is 10.4. The van der Waals surface area contributed by atoms with Gasteiger partial charge >= 0.3 is 0 Å². The third-order valence-electron chi connectivity index (χ3n) is 8.79. The zero-order valence-electron chi connectivity index (χ0n) is 20.3. The normalized spacial score (nSPS) is 33.3. The molecule has 1 saturated heterocycles. The largest absolute Gasteiger partial charge is 0.392 e. The predicted molar refractivity (Wildman–Crippen MR) is 133 cm³/mol. The molecular formula is C27H37N3O2S. The lowest BCUT2D eigenvalue weighted by Crippen LogP contribution is -2.55. The Morgan fingerprint density at radius 1 is 1.21 bits per heavy atom. The molecule has 178 valence electrons. The summed E-state index contributed by atoms with van der Waals surface area (Å²) in [5.41, 5.74) is 2.39. The van der Waals surface area contributed by atoms with E-state index in [-0.39, 0.29) is 35.0 Å². The van der Waals surface area contributed by atoms with Gasteiger partial charge < -0.3 is 14.9 Å². The van der Waals surface area contributed by atoms with Gasteiger partial charge in [0.25, 0.3) is 0 Å². The highest BCUT2D eigenvalue weighted by Crippen LogP contribution is 2.57. The highest BCUT2D eigenvalue weighted by Gasteiger charge is 2.54. The van der Waals surface area contributed by atoms with Crippen LogP contribution in [-0.4, -0.2) is 65.1 Å². The van der Waals surface area contributed by atoms with Gasteiger partial charge in [0.15, 0.2) is 0 Å². The monoisotopic (exact) mass is 467 g/mol. The molecule has 5 rings (SSSR count). The second kappa shape index (κ2) is 8.79. The first-order valence-corrected chi connectivity index (χ1v) is 13.3. The lowest BCUT2D eigenvalue weighted by molar-refractivity contribution is -0.146. The standard InChI is InChI=1S/C27H37N3O2S/c1-17(26(32)30-14-12-29(4)13-15-30)20-10-11-27(3)16-21-23(18(2)22(27)24(20)31)28-25(33-21)19-8-6-5-7-9-19/h5-9,17-18,20,22,24,31H,10-16H2,1-4H3/t17-,18-,20+,22+,24-,27-/m0/s1. The first-order chi connectivity index (χ1) is 15.8. The molecule has 0 unspecified atom stereocenters. The van der Waals surface area contributed by atoms with Crippen molar-refractivity contribution in [1.82, 2.24) is 14.8 Å². The van der Waals surface area contributed by atoms with E-state index in [1.54, 1.807) is 0 Å². The van der Waals surface area contributed by atoms with Crippen molar-refractivity contribution in [2.24, 2.45) is 23.2 Å². The molecule has 3 aliphatic rings. The minimum atomic E-state index is -0.472. The number of hydrogen-bond acceptors (Lipinski definition) is 5. The molecule has 2 aromatic rings. The number of amides is 1. The molecule has 1 aliphatic heterocycles. The van der Waals surface area contributed by atoms with E-state index >= 15 is 0 Å². The zero-order valence-corrected chi connectivity index (χ0v) is 21.1. The first kappa shape index (κ1) is 23.0. The summed E-state index contributed by atoms with van der Waals surface area (Å²) < 4.78 is 0. The SMILES string of the molecule is C[C@H](C(=O)N1CCN(C)CC1)[C@H]1CC[C@@]2(C)Cc3sc(-c4ccccc4)nc3[C@@H](C)[C@@H]2[C@H]1O. The van der Waals surface area contributed by atoms with E-state index in [1.165, 1.54) is 16.1 Å². The molecular weight excluding hydrogens is 430 g/mol. The number of rotatable bonds is 3. The number of benzene rings is 1. The number of aliphatic hydroxyl groups excluding tert-OH is 1. The summed E-state index contributed by atoms with van der Waals surface area (Å²) in [5.74, 6) is 0.427. The summed E-state index contributed by atoms with van der Waals surface area (Å²) in [5, 5.41) is 12.8. The molecule has 6 atom stereocenters. The Morgan fingerprint density at radius 3 is 2.61 bits per heavy atom. The van der Waals surface area contributed by atoms with Gasteiger partial charge in [-0.3, -0.25) is 4.79 Å². The average molecular weight is 468 g/mol. The number of aromatic nitrogens is 1. The highest BCUT2D eigenvalue weighted by molar-refractivity contribution is 7.15. The molecule has 1 saturated carbocycles. The Bertz CT molecular complexity index is 1000. The maximum absolute atomic E-state index is 13.3.